The van der Waals surface area contributed by atoms with Gasteiger partial charge in [-0.1, -0.05) is 56.3 Å². The molecule has 3 aromatic carbocycles. The Labute approximate surface area is 218 Å². The van der Waals surface area contributed by atoms with Crippen LogP contribution in [0.5, 0.6) is 5.75 Å². The van der Waals surface area contributed by atoms with Gasteiger partial charge < -0.3 is 15.4 Å². The van der Waals surface area contributed by atoms with Gasteiger partial charge >= 0.3 is 12.4 Å². The number of amides is 2. The fourth-order valence-electron chi connectivity index (χ4n) is 3.92. The number of hydrogen-bond acceptors (Lipinski definition) is 4. The van der Waals surface area contributed by atoms with E-state index in [1.54, 1.807) is 0 Å². The molecule has 0 spiro atoms. The van der Waals surface area contributed by atoms with Crippen molar-refractivity contribution in [2.24, 2.45) is 0 Å². The number of ether oxygens (including phenoxy) is 1. The molecule has 198 valence electrons. The zero-order valence-electron chi connectivity index (χ0n) is 21.0. The van der Waals surface area contributed by atoms with Crippen LogP contribution in [0.1, 0.15) is 37.3 Å². The molecule has 4 aromatic rings. The Hall–Kier alpha value is -4.34. The fraction of sp³-hybridized carbons (Fsp3) is 0.250. The molecule has 0 unspecified atom stereocenters. The van der Waals surface area contributed by atoms with Gasteiger partial charge in [-0.2, -0.15) is 0 Å². The Balaban J connectivity index is 1.26. The molecule has 2 amide bonds. The van der Waals surface area contributed by atoms with E-state index in [1.807, 2.05) is 48.5 Å². The minimum absolute atomic E-state index is 0.224. The van der Waals surface area contributed by atoms with Gasteiger partial charge in [-0.05, 0) is 60.2 Å². The van der Waals surface area contributed by atoms with Gasteiger partial charge in [0.1, 0.15) is 12.1 Å². The van der Waals surface area contributed by atoms with E-state index in [9.17, 15) is 18.0 Å². The topological polar surface area (TPSA) is 81.1 Å². The van der Waals surface area contributed by atoms with E-state index in [-0.39, 0.29) is 11.8 Å². The van der Waals surface area contributed by atoms with Crippen molar-refractivity contribution >= 4 is 11.7 Å². The molecule has 0 bridgehead atoms. The summed E-state index contributed by atoms with van der Waals surface area (Å²) in [6.45, 7) is 4.71. The van der Waals surface area contributed by atoms with Crippen LogP contribution in [0.15, 0.2) is 79.1 Å². The van der Waals surface area contributed by atoms with E-state index < -0.39 is 6.36 Å². The lowest BCUT2D eigenvalue weighted by atomic mass is 10.0. The maximum atomic E-state index is 12.3. The first-order valence-corrected chi connectivity index (χ1v) is 12.2. The van der Waals surface area contributed by atoms with Gasteiger partial charge in [0.2, 0.25) is 0 Å². The number of hydrogen-bond donors (Lipinski definition) is 2. The second kappa shape index (κ2) is 11.8. The maximum absolute atomic E-state index is 12.3. The molecule has 0 aliphatic rings. The molecule has 2 N–H and O–H groups in total. The van der Waals surface area contributed by atoms with Crippen LogP contribution in [0.2, 0.25) is 0 Å². The van der Waals surface area contributed by atoms with E-state index >= 15 is 0 Å². The molecule has 38 heavy (non-hydrogen) atoms. The predicted octanol–water partition coefficient (Wildman–Crippen LogP) is 6.71. The number of anilines is 1. The van der Waals surface area contributed by atoms with Crippen molar-refractivity contribution in [3.8, 4) is 22.8 Å². The first-order chi connectivity index (χ1) is 18.2. The van der Waals surface area contributed by atoms with Crippen molar-refractivity contribution in [2.75, 3.05) is 11.9 Å². The van der Waals surface area contributed by atoms with E-state index in [4.69, 9.17) is 0 Å². The molecule has 0 aliphatic carbocycles. The summed E-state index contributed by atoms with van der Waals surface area (Å²) >= 11 is 0. The summed E-state index contributed by atoms with van der Waals surface area (Å²) in [6.07, 6.45) is -1.67. The Morgan fingerprint density at radius 1 is 1.00 bits per heavy atom. The van der Waals surface area contributed by atoms with Gasteiger partial charge in [-0.25, -0.2) is 14.5 Å². The number of nitrogens with one attached hydrogen (secondary N) is 2. The number of benzene rings is 3. The van der Waals surface area contributed by atoms with Gasteiger partial charge in [-0.15, -0.1) is 18.3 Å². The van der Waals surface area contributed by atoms with Gasteiger partial charge in [0.25, 0.3) is 0 Å². The normalized spacial score (nSPS) is 11.4. The second-order valence-corrected chi connectivity index (χ2v) is 8.98. The van der Waals surface area contributed by atoms with Gasteiger partial charge in [0, 0.05) is 17.8 Å². The largest absolute Gasteiger partial charge is 0.573 e. The summed E-state index contributed by atoms with van der Waals surface area (Å²) in [6, 6.07) is 20.7. The molecule has 10 heteroatoms. The molecule has 0 fully saturated rings. The Bertz CT molecular complexity index is 1350. The lowest BCUT2D eigenvalue weighted by Gasteiger charge is -2.14. The van der Waals surface area contributed by atoms with Crippen molar-refractivity contribution in [3.63, 3.8) is 0 Å². The number of aromatic nitrogens is 3. The number of carbonyl (C=O) groups is 1. The number of urea groups is 1. The molecular formula is C28H28F3N5O2. The molecule has 7 nitrogen and oxygen atoms in total. The average molecular weight is 524 g/mol. The molecular weight excluding hydrogens is 495 g/mol. The van der Waals surface area contributed by atoms with Crippen LogP contribution < -0.4 is 15.4 Å². The number of para-hydroxylation sites is 1. The van der Waals surface area contributed by atoms with Crippen LogP contribution in [0.4, 0.5) is 23.7 Å². The summed E-state index contributed by atoms with van der Waals surface area (Å²) in [5.74, 6) is 0.503. The Morgan fingerprint density at radius 3 is 2.39 bits per heavy atom. The predicted molar refractivity (Wildman–Crippen MR) is 139 cm³/mol. The number of carbonyl (C=O) groups excluding carboxylic acids is 1. The minimum atomic E-state index is -4.74. The van der Waals surface area contributed by atoms with Crippen molar-refractivity contribution in [1.82, 2.24) is 20.1 Å². The third-order valence-corrected chi connectivity index (χ3v) is 5.80. The SMILES string of the molecule is CC(C)c1ccccc1NC(=O)NCCCc1ccc(-c2ncn(-c3ccc(OC(F)(F)F)cc3)n2)cc1. The molecule has 0 saturated carbocycles. The van der Waals surface area contributed by atoms with Crippen molar-refractivity contribution < 1.29 is 22.7 Å². The maximum Gasteiger partial charge on any atom is 0.573 e. The first kappa shape index (κ1) is 26.7. The molecule has 1 heterocycles. The van der Waals surface area contributed by atoms with Crippen LogP contribution in [-0.4, -0.2) is 33.7 Å². The third kappa shape index (κ3) is 7.34. The lowest BCUT2D eigenvalue weighted by molar-refractivity contribution is -0.274. The smallest absolute Gasteiger partial charge is 0.406 e. The van der Waals surface area contributed by atoms with Crippen molar-refractivity contribution in [3.05, 3.63) is 90.3 Å². The Kier molecular flexibility index (Phi) is 8.30. The zero-order valence-corrected chi connectivity index (χ0v) is 21.0. The zero-order chi connectivity index (χ0) is 27.1. The van der Waals surface area contributed by atoms with E-state index in [0.717, 1.165) is 35.2 Å². The molecule has 0 atom stereocenters. The van der Waals surface area contributed by atoms with E-state index in [0.29, 0.717) is 24.0 Å². The van der Waals surface area contributed by atoms with Crippen LogP contribution in [0.3, 0.4) is 0 Å². The first-order valence-electron chi connectivity index (χ1n) is 12.2. The Morgan fingerprint density at radius 2 is 1.71 bits per heavy atom. The summed E-state index contributed by atoms with van der Waals surface area (Å²) in [4.78, 5) is 16.6. The highest BCUT2D eigenvalue weighted by Gasteiger charge is 2.31. The highest BCUT2D eigenvalue weighted by Crippen LogP contribution is 2.25. The summed E-state index contributed by atoms with van der Waals surface area (Å²) in [5.41, 5.74) is 4.39. The number of rotatable bonds is 9. The summed E-state index contributed by atoms with van der Waals surface area (Å²) in [7, 11) is 0. The standard InChI is InChI=1S/C28H28F3N5O2/c1-19(2)24-7-3-4-8-25(24)34-27(37)32-17-5-6-20-9-11-21(12-10-20)26-33-18-36(35-26)22-13-15-23(16-14-22)38-28(29,30)31/h3-4,7-16,18-19H,5-6,17H2,1-2H3,(H2,32,34,37). The average Bonchev–Trinajstić information content (AvgIpc) is 3.37. The van der Waals surface area contributed by atoms with Gasteiger partial charge in [-0.3, -0.25) is 0 Å². The molecule has 0 aliphatic heterocycles. The van der Waals surface area contributed by atoms with Crippen LogP contribution >= 0.6 is 0 Å². The van der Waals surface area contributed by atoms with Crippen molar-refractivity contribution in [1.29, 1.82) is 0 Å². The number of nitrogens with zero attached hydrogens (tertiary/aromatic N) is 3. The molecule has 1 aromatic heterocycles. The van der Waals surface area contributed by atoms with Crippen LogP contribution in [-0.2, 0) is 6.42 Å². The number of aryl methyl sites for hydroxylation is 1. The van der Waals surface area contributed by atoms with Gasteiger partial charge in [0.15, 0.2) is 5.82 Å². The second-order valence-electron chi connectivity index (χ2n) is 8.98. The van der Waals surface area contributed by atoms with Crippen molar-refractivity contribution in [2.45, 2.75) is 39.0 Å². The number of halogens is 3. The quantitative estimate of drug-likeness (QED) is 0.239. The van der Waals surface area contributed by atoms with E-state index in [2.05, 4.69) is 39.3 Å². The number of alkyl halides is 3. The van der Waals surface area contributed by atoms with Crippen LogP contribution in [0.25, 0.3) is 17.1 Å². The van der Waals surface area contributed by atoms with Crippen LogP contribution in [0, 0.1) is 0 Å². The monoisotopic (exact) mass is 523 g/mol. The molecule has 0 radical (unpaired) electrons. The highest BCUT2D eigenvalue weighted by molar-refractivity contribution is 5.90. The molecule has 0 saturated heterocycles. The lowest BCUT2D eigenvalue weighted by Crippen LogP contribution is -2.30. The highest BCUT2D eigenvalue weighted by atomic mass is 19.4. The summed E-state index contributed by atoms with van der Waals surface area (Å²) in [5, 5.41) is 10.2. The van der Waals surface area contributed by atoms with Gasteiger partial charge in [0.05, 0.1) is 5.69 Å². The van der Waals surface area contributed by atoms with E-state index in [1.165, 1.54) is 35.3 Å². The minimum Gasteiger partial charge on any atom is -0.406 e. The fourth-order valence-corrected chi connectivity index (χ4v) is 3.92. The third-order valence-electron chi connectivity index (χ3n) is 5.80. The molecule has 4 rings (SSSR count). The summed E-state index contributed by atoms with van der Waals surface area (Å²) < 4.78 is 42.4.